The Hall–Kier alpha value is -3.67. The van der Waals surface area contributed by atoms with Crippen LogP contribution in [0.1, 0.15) is 36.6 Å². The van der Waals surface area contributed by atoms with Crippen LogP contribution in [0.25, 0.3) is 0 Å². The maximum Gasteiger partial charge on any atom is 0.324 e. The Morgan fingerprint density at radius 3 is 2.37 bits per heavy atom. The number of anilines is 1. The monoisotopic (exact) mass is 544 g/mol. The fraction of sp³-hybridized carbons (Fsp3) is 0.385. The van der Waals surface area contributed by atoms with Crippen molar-refractivity contribution in [2.24, 2.45) is 0 Å². The molecule has 200 valence electrons. The number of nitrogens with zero attached hydrogens (tertiary/aromatic N) is 2. The number of rotatable bonds is 4. The normalized spacial score (nSPS) is 26.1. The molecule has 0 radical (unpaired) electrons. The molecule has 2 saturated heterocycles. The maximum atomic E-state index is 14.0. The molecule has 3 atom stereocenters. The zero-order chi connectivity index (χ0) is 27.6. The van der Waals surface area contributed by atoms with Crippen molar-refractivity contribution in [3.8, 4) is 0 Å². The van der Waals surface area contributed by atoms with Crippen LogP contribution in [0.4, 0.5) is 19.3 Å². The fourth-order valence-corrected chi connectivity index (χ4v) is 6.77. The SMILES string of the molecule is CN1C(=O)NC(=O)C12Cc1ccc(NC(=O)CN3C(=O)C(C)(C)S(=O)C[C@H]3c3cc(F)cc(F)c3)cc1C2. The molecule has 2 aromatic carbocycles. The number of imide groups is 1. The van der Waals surface area contributed by atoms with Gasteiger partial charge in [0.1, 0.15) is 28.5 Å². The van der Waals surface area contributed by atoms with Gasteiger partial charge in [-0.05, 0) is 54.8 Å². The Bertz CT molecular complexity index is 1410. The minimum atomic E-state index is -1.64. The summed E-state index contributed by atoms with van der Waals surface area (Å²) in [6.45, 7) is 2.59. The van der Waals surface area contributed by atoms with E-state index in [4.69, 9.17) is 0 Å². The first-order valence-electron chi connectivity index (χ1n) is 12.0. The summed E-state index contributed by atoms with van der Waals surface area (Å²) < 4.78 is 39.4. The molecule has 9 nitrogen and oxygen atoms in total. The number of halogens is 2. The largest absolute Gasteiger partial charge is 0.325 e. The van der Waals surface area contributed by atoms with E-state index in [-0.39, 0.29) is 23.6 Å². The second kappa shape index (κ2) is 8.97. The molecule has 2 unspecified atom stereocenters. The Morgan fingerprint density at radius 1 is 1.08 bits per heavy atom. The number of carbonyl (C=O) groups is 4. The highest BCUT2D eigenvalue weighted by Crippen LogP contribution is 2.38. The molecule has 0 aromatic heterocycles. The third kappa shape index (κ3) is 4.16. The van der Waals surface area contributed by atoms with E-state index in [0.29, 0.717) is 18.2 Å². The second-order valence-corrected chi connectivity index (χ2v) is 12.5. The predicted octanol–water partition coefficient (Wildman–Crippen LogP) is 2.03. The number of carbonyl (C=O) groups excluding carboxylic acids is 4. The minimum absolute atomic E-state index is 0.0792. The highest BCUT2D eigenvalue weighted by molar-refractivity contribution is 7.87. The van der Waals surface area contributed by atoms with Crippen molar-refractivity contribution in [1.29, 1.82) is 0 Å². The van der Waals surface area contributed by atoms with Crippen LogP contribution in [0.5, 0.6) is 0 Å². The number of hydrogen-bond donors (Lipinski definition) is 2. The zero-order valence-electron chi connectivity index (χ0n) is 21.0. The van der Waals surface area contributed by atoms with Crippen LogP contribution in [0.3, 0.4) is 0 Å². The van der Waals surface area contributed by atoms with Crippen molar-refractivity contribution in [2.75, 3.05) is 24.7 Å². The number of benzene rings is 2. The van der Waals surface area contributed by atoms with Gasteiger partial charge in [-0.15, -0.1) is 0 Å². The smallest absolute Gasteiger partial charge is 0.324 e. The average Bonchev–Trinajstić information content (AvgIpc) is 3.31. The highest BCUT2D eigenvalue weighted by atomic mass is 32.2. The Kier molecular flexibility index (Phi) is 6.13. The number of fused-ring (bicyclic) bond motifs is 1. The van der Waals surface area contributed by atoms with E-state index in [1.165, 1.54) is 23.6 Å². The van der Waals surface area contributed by atoms with Crippen LogP contribution in [-0.2, 0) is 38.0 Å². The van der Waals surface area contributed by atoms with E-state index < -0.39 is 63.2 Å². The van der Waals surface area contributed by atoms with Crippen LogP contribution in [0, 0.1) is 11.6 Å². The van der Waals surface area contributed by atoms with Gasteiger partial charge in [0.25, 0.3) is 5.91 Å². The third-order valence-electron chi connectivity index (χ3n) is 7.66. The molecule has 12 heteroatoms. The fourth-order valence-electron chi connectivity index (χ4n) is 5.38. The van der Waals surface area contributed by atoms with Gasteiger partial charge in [0.05, 0.1) is 6.04 Å². The van der Waals surface area contributed by atoms with Gasteiger partial charge in [-0.1, -0.05) is 6.07 Å². The zero-order valence-corrected chi connectivity index (χ0v) is 21.8. The number of amides is 5. The predicted molar refractivity (Wildman–Crippen MR) is 134 cm³/mol. The molecule has 1 spiro atoms. The van der Waals surface area contributed by atoms with Gasteiger partial charge in [-0.3, -0.25) is 23.9 Å². The van der Waals surface area contributed by atoms with Gasteiger partial charge in [0.15, 0.2) is 0 Å². The molecule has 38 heavy (non-hydrogen) atoms. The summed E-state index contributed by atoms with van der Waals surface area (Å²) >= 11 is 0. The van der Waals surface area contributed by atoms with Crippen LogP contribution in [0.2, 0.25) is 0 Å². The maximum absolute atomic E-state index is 14.0. The molecule has 0 bridgehead atoms. The first kappa shape index (κ1) is 26.0. The van der Waals surface area contributed by atoms with Gasteiger partial charge < -0.3 is 15.1 Å². The van der Waals surface area contributed by atoms with Crippen molar-refractivity contribution < 1.29 is 32.2 Å². The van der Waals surface area contributed by atoms with Crippen LogP contribution >= 0.6 is 0 Å². The quantitative estimate of drug-likeness (QED) is 0.572. The Labute approximate surface area is 220 Å². The van der Waals surface area contributed by atoms with Crippen molar-refractivity contribution in [3.63, 3.8) is 0 Å². The van der Waals surface area contributed by atoms with Gasteiger partial charge in [-0.2, -0.15) is 0 Å². The molecular weight excluding hydrogens is 518 g/mol. The summed E-state index contributed by atoms with van der Waals surface area (Å²) in [7, 11) is -0.0699. The lowest BCUT2D eigenvalue weighted by molar-refractivity contribution is -0.139. The summed E-state index contributed by atoms with van der Waals surface area (Å²) in [5, 5.41) is 5.08. The third-order valence-corrected chi connectivity index (χ3v) is 9.59. The summed E-state index contributed by atoms with van der Waals surface area (Å²) in [6.07, 6.45) is 0.642. The molecule has 2 heterocycles. The first-order valence-corrected chi connectivity index (χ1v) is 13.3. The lowest BCUT2D eigenvalue weighted by Crippen LogP contribution is -2.57. The topological polar surface area (TPSA) is 116 Å². The molecule has 0 saturated carbocycles. The van der Waals surface area contributed by atoms with E-state index in [1.54, 1.807) is 25.2 Å². The molecule has 2 N–H and O–H groups in total. The molecule has 2 fully saturated rings. The minimum Gasteiger partial charge on any atom is -0.325 e. The van der Waals surface area contributed by atoms with Crippen molar-refractivity contribution >= 4 is 40.2 Å². The van der Waals surface area contributed by atoms with Gasteiger partial charge in [-0.25, -0.2) is 13.6 Å². The van der Waals surface area contributed by atoms with Crippen molar-refractivity contribution in [3.05, 3.63) is 64.7 Å². The average molecular weight is 545 g/mol. The van der Waals surface area contributed by atoms with E-state index >= 15 is 0 Å². The van der Waals surface area contributed by atoms with E-state index in [1.807, 2.05) is 0 Å². The van der Waals surface area contributed by atoms with Gasteiger partial charge >= 0.3 is 6.03 Å². The van der Waals surface area contributed by atoms with E-state index in [9.17, 15) is 32.2 Å². The first-order chi connectivity index (χ1) is 17.8. The van der Waals surface area contributed by atoms with Gasteiger partial charge in [0.2, 0.25) is 11.8 Å². The summed E-state index contributed by atoms with van der Waals surface area (Å²) in [5.41, 5.74) is 1.22. The second-order valence-electron chi connectivity index (χ2n) is 10.4. The summed E-state index contributed by atoms with van der Waals surface area (Å²) in [5.74, 6) is -3.25. The standard InChI is InChI=1S/C26H26F2N4O5S/c1-25(2)23(35)32(20(13-38(25)37)15-6-17(27)9-18(28)7-15)12-21(33)29-19-5-4-14-10-26(11-16(14)8-19)22(34)30-24(36)31(26)3/h4-9,20H,10-13H2,1-3H3,(H,29,33)(H,30,34,36)/t20-,26?,38?/m0/s1. The van der Waals surface area contributed by atoms with Crippen molar-refractivity contribution in [1.82, 2.24) is 15.1 Å². The van der Waals surface area contributed by atoms with Gasteiger partial charge in [0, 0.05) is 48.2 Å². The van der Waals surface area contributed by atoms with Crippen LogP contribution in [0.15, 0.2) is 36.4 Å². The lowest BCUT2D eigenvalue weighted by Gasteiger charge is -2.42. The molecule has 5 amide bonds. The number of hydrogen-bond acceptors (Lipinski definition) is 5. The van der Waals surface area contributed by atoms with E-state index in [0.717, 1.165) is 23.3 Å². The lowest BCUT2D eigenvalue weighted by atomic mass is 9.95. The van der Waals surface area contributed by atoms with Crippen molar-refractivity contribution in [2.45, 2.75) is 43.0 Å². The van der Waals surface area contributed by atoms with Crippen LogP contribution < -0.4 is 10.6 Å². The molecule has 2 aliphatic heterocycles. The summed E-state index contributed by atoms with van der Waals surface area (Å²) in [6, 6.07) is 6.59. The molecule has 3 aliphatic rings. The number of nitrogens with one attached hydrogen (secondary N) is 2. The molecule has 2 aromatic rings. The van der Waals surface area contributed by atoms with E-state index in [2.05, 4.69) is 10.6 Å². The summed E-state index contributed by atoms with van der Waals surface area (Å²) in [4.78, 5) is 53.5. The molecule has 5 rings (SSSR count). The van der Waals surface area contributed by atoms with Crippen LogP contribution in [-0.4, -0.2) is 67.4 Å². The number of likely N-dealkylation sites (N-methyl/N-ethyl adjacent to an activating group) is 1. The Balaban J connectivity index is 1.36. The molecular formula is C26H26F2N4O5S. The number of urea groups is 1. The molecule has 1 aliphatic carbocycles. The Morgan fingerprint density at radius 2 is 1.74 bits per heavy atom. The highest BCUT2D eigenvalue weighted by Gasteiger charge is 2.54.